The van der Waals surface area contributed by atoms with Crippen molar-refractivity contribution < 1.29 is 4.42 Å². The van der Waals surface area contributed by atoms with E-state index in [0.29, 0.717) is 11.8 Å². The van der Waals surface area contributed by atoms with Gasteiger partial charge in [-0.05, 0) is 42.2 Å². The fourth-order valence-electron chi connectivity index (χ4n) is 2.95. The van der Waals surface area contributed by atoms with Gasteiger partial charge in [0.05, 0.1) is 5.69 Å². The fourth-order valence-corrected chi connectivity index (χ4v) is 4.49. The van der Waals surface area contributed by atoms with Crippen LogP contribution in [-0.4, -0.2) is 16.3 Å². The predicted octanol–water partition coefficient (Wildman–Crippen LogP) is 6.90. The Morgan fingerprint density at radius 2 is 1.56 bits per heavy atom. The normalized spacial score (nSPS) is 21.0. The molecule has 2 aromatic rings. The predicted molar refractivity (Wildman–Crippen MR) is 118 cm³/mol. The van der Waals surface area contributed by atoms with Gasteiger partial charge in [-0.2, -0.15) is 0 Å². The summed E-state index contributed by atoms with van der Waals surface area (Å²) >= 11 is 0. The standard InChI is InChI=1S/C12H13NO.C12H15P/c1-9(2)11-8-14-12(13-11)10-6-4-3-5-7-10;1-3-7-11(8-4-1)13-12-9-5-2-6-10-12/h3-9H,1-2H3;1-7,9,11-13H,8,10H2/t;11-,12?/m.1/s1. The highest BCUT2D eigenvalue weighted by atomic mass is 31.1. The van der Waals surface area contributed by atoms with Crippen molar-refractivity contribution in [3.63, 3.8) is 0 Å². The molecule has 2 aliphatic carbocycles. The van der Waals surface area contributed by atoms with Crippen LogP contribution in [0.1, 0.15) is 38.3 Å². The van der Waals surface area contributed by atoms with E-state index in [1.165, 1.54) is 12.8 Å². The Labute approximate surface area is 164 Å². The second-order valence-corrected chi connectivity index (χ2v) is 8.89. The lowest BCUT2D eigenvalue weighted by Gasteiger charge is -2.19. The summed E-state index contributed by atoms with van der Waals surface area (Å²) in [5.74, 6) is 1.12. The van der Waals surface area contributed by atoms with E-state index in [9.17, 15) is 0 Å². The number of benzene rings is 1. The van der Waals surface area contributed by atoms with Gasteiger partial charge in [0.2, 0.25) is 5.89 Å². The molecule has 0 N–H and O–H groups in total. The van der Waals surface area contributed by atoms with Gasteiger partial charge in [0.25, 0.3) is 0 Å². The molecule has 0 saturated carbocycles. The van der Waals surface area contributed by atoms with Crippen molar-refractivity contribution in [3.8, 4) is 11.5 Å². The molecular formula is C24H28NOP. The first-order valence-electron chi connectivity index (χ1n) is 9.66. The number of allylic oxidation sites excluding steroid dienone is 8. The van der Waals surface area contributed by atoms with Crippen LogP contribution < -0.4 is 0 Å². The SMILES string of the molecule is C1=CCC(P[C@@H]2C=CC=CC2)C=C1.CC(C)c1coc(-c2ccccc2)n1. The highest BCUT2D eigenvalue weighted by molar-refractivity contribution is 7.40. The highest BCUT2D eigenvalue weighted by Gasteiger charge is 2.12. The van der Waals surface area contributed by atoms with Crippen LogP contribution in [0.2, 0.25) is 0 Å². The van der Waals surface area contributed by atoms with E-state index in [1.54, 1.807) is 6.26 Å². The zero-order valence-electron chi connectivity index (χ0n) is 16.1. The number of aromatic nitrogens is 1. The van der Waals surface area contributed by atoms with E-state index in [4.69, 9.17) is 4.42 Å². The summed E-state index contributed by atoms with van der Waals surface area (Å²) in [5.41, 5.74) is 3.63. The minimum absolute atomic E-state index is 0.413. The van der Waals surface area contributed by atoms with Crippen LogP contribution in [0, 0.1) is 0 Å². The molecule has 0 amide bonds. The molecule has 1 aromatic heterocycles. The van der Waals surface area contributed by atoms with Gasteiger partial charge < -0.3 is 4.42 Å². The molecule has 2 unspecified atom stereocenters. The van der Waals surface area contributed by atoms with Crippen molar-refractivity contribution in [3.05, 3.63) is 90.9 Å². The third kappa shape index (κ3) is 6.19. The molecule has 2 aliphatic rings. The van der Waals surface area contributed by atoms with Gasteiger partial charge in [-0.25, -0.2) is 4.98 Å². The molecule has 0 saturated heterocycles. The average molecular weight is 377 g/mol. The first-order valence-corrected chi connectivity index (χ1v) is 10.8. The average Bonchev–Trinajstić information content (AvgIpc) is 3.22. The molecule has 0 aliphatic heterocycles. The molecule has 3 heteroatoms. The Morgan fingerprint density at radius 3 is 2.04 bits per heavy atom. The molecule has 140 valence electrons. The Balaban J connectivity index is 0.000000156. The number of oxazole rings is 1. The van der Waals surface area contributed by atoms with E-state index in [0.717, 1.165) is 31.2 Å². The van der Waals surface area contributed by atoms with Crippen molar-refractivity contribution >= 4 is 8.58 Å². The topological polar surface area (TPSA) is 26.0 Å². The molecule has 2 nitrogen and oxygen atoms in total. The van der Waals surface area contributed by atoms with Crippen molar-refractivity contribution in [2.45, 2.75) is 43.9 Å². The largest absolute Gasteiger partial charge is 0.444 e. The summed E-state index contributed by atoms with van der Waals surface area (Å²) in [6.45, 7) is 4.21. The third-order valence-electron chi connectivity index (χ3n) is 4.52. The van der Waals surface area contributed by atoms with Gasteiger partial charge in [-0.3, -0.25) is 0 Å². The van der Waals surface area contributed by atoms with Gasteiger partial charge in [0.1, 0.15) is 6.26 Å². The zero-order chi connectivity index (χ0) is 18.9. The summed E-state index contributed by atoms with van der Waals surface area (Å²) in [7, 11) is 1.05. The smallest absolute Gasteiger partial charge is 0.226 e. The molecule has 0 bridgehead atoms. The number of rotatable bonds is 4. The Morgan fingerprint density at radius 1 is 0.926 bits per heavy atom. The van der Waals surface area contributed by atoms with Crippen LogP contribution in [0.15, 0.2) is 89.6 Å². The molecule has 0 spiro atoms. The van der Waals surface area contributed by atoms with E-state index in [1.807, 2.05) is 30.3 Å². The van der Waals surface area contributed by atoms with Crippen molar-refractivity contribution in [1.29, 1.82) is 0 Å². The summed E-state index contributed by atoms with van der Waals surface area (Å²) in [6.07, 6.45) is 22.1. The number of hydrogen-bond acceptors (Lipinski definition) is 2. The van der Waals surface area contributed by atoms with Crippen LogP contribution >= 0.6 is 8.58 Å². The van der Waals surface area contributed by atoms with E-state index in [2.05, 4.69) is 67.4 Å². The summed E-state index contributed by atoms with van der Waals surface area (Å²) in [5, 5.41) is 0. The minimum Gasteiger partial charge on any atom is -0.444 e. The van der Waals surface area contributed by atoms with E-state index in [-0.39, 0.29) is 0 Å². The molecule has 0 fully saturated rings. The molecule has 1 heterocycles. The Bertz CT molecular complexity index is 786. The maximum absolute atomic E-state index is 5.40. The van der Waals surface area contributed by atoms with Crippen LogP contribution in [0.25, 0.3) is 11.5 Å². The molecule has 3 atom stereocenters. The van der Waals surface area contributed by atoms with Crippen molar-refractivity contribution in [2.24, 2.45) is 0 Å². The number of hydrogen-bond donors (Lipinski definition) is 0. The van der Waals surface area contributed by atoms with Crippen LogP contribution in [0.4, 0.5) is 0 Å². The van der Waals surface area contributed by atoms with Crippen molar-refractivity contribution in [1.82, 2.24) is 4.98 Å². The summed E-state index contributed by atoms with van der Waals surface area (Å²) < 4.78 is 5.40. The Hall–Kier alpha value is -2.18. The van der Waals surface area contributed by atoms with Crippen molar-refractivity contribution in [2.75, 3.05) is 0 Å². The van der Waals surface area contributed by atoms with Crippen LogP contribution in [0.5, 0.6) is 0 Å². The summed E-state index contributed by atoms with van der Waals surface area (Å²) in [4.78, 5) is 4.41. The lowest BCUT2D eigenvalue weighted by Crippen LogP contribution is -2.05. The molecule has 1 aromatic carbocycles. The highest BCUT2D eigenvalue weighted by Crippen LogP contribution is 2.34. The Kier molecular flexibility index (Phi) is 7.42. The monoisotopic (exact) mass is 377 g/mol. The zero-order valence-corrected chi connectivity index (χ0v) is 17.1. The van der Waals surface area contributed by atoms with Gasteiger partial charge in [0, 0.05) is 5.56 Å². The third-order valence-corrected chi connectivity index (χ3v) is 6.24. The minimum atomic E-state index is 0.413. The van der Waals surface area contributed by atoms with E-state index < -0.39 is 0 Å². The van der Waals surface area contributed by atoms with Gasteiger partial charge >= 0.3 is 0 Å². The first kappa shape index (κ1) is 19.6. The molecular weight excluding hydrogens is 349 g/mol. The van der Waals surface area contributed by atoms with Gasteiger partial charge in [-0.15, -0.1) is 8.58 Å². The lowest BCUT2D eigenvalue weighted by atomic mass is 10.1. The lowest BCUT2D eigenvalue weighted by molar-refractivity contribution is 0.571. The van der Waals surface area contributed by atoms with Gasteiger partial charge in [-0.1, -0.05) is 80.7 Å². The fraction of sp³-hybridized carbons (Fsp3) is 0.292. The van der Waals surface area contributed by atoms with Gasteiger partial charge in [0.15, 0.2) is 0 Å². The molecule has 4 rings (SSSR count). The molecule has 0 radical (unpaired) electrons. The quantitative estimate of drug-likeness (QED) is 0.542. The second kappa shape index (κ2) is 10.2. The molecule has 27 heavy (non-hydrogen) atoms. The number of nitrogens with zero attached hydrogens (tertiary/aromatic N) is 1. The maximum Gasteiger partial charge on any atom is 0.226 e. The van der Waals surface area contributed by atoms with Crippen LogP contribution in [-0.2, 0) is 0 Å². The first-order chi connectivity index (χ1) is 13.2. The van der Waals surface area contributed by atoms with E-state index >= 15 is 0 Å². The van der Waals surface area contributed by atoms with Crippen LogP contribution in [0.3, 0.4) is 0 Å². The maximum atomic E-state index is 5.40. The second-order valence-electron chi connectivity index (χ2n) is 7.08. The summed E-state index contributed by atoms with van der Waals surface area (Å²) in [6, 6.07) is 9.94.